The van der Waals surface area contributed by atoms with Crippen molar-refractivity contribution in [3.05, 3.63) is 59.7 Å². The molecular formula is C19H24FN3O. The molecule has 0 radical (unpaired) electrons. The van der Waals surface area contributed by atoms with Crippen LogP contribution in [0.25, 0.3) is 0 Å². The summed E-state index contributed by atoms with van der Waals surface area (Å²) in [5.41, 5.74) is 2.23. The third kappa shape index (κ3) is 4.76. The first-order chi connectivity index (χ1) is 11.7. The summed E-state index contributed by atoms with van der Waals surface area (Å²) in [4.78, 5) is 6.53. The zero-order valence-electron chi connectivity index (χ0n) is 14.0. The maximum absolute atomic E-state index is 13.5. The molecule has 4 nitrogen and oxygen atoms in total. The number of aromatic nitrogens is 1. The number of rotatable bonds is 6. The Bertz CT molecular complexity index is 642. The second kappa shape index (κ2) is 8.22. The van der Waals surface area contributed by atoms with Gasteiger partial charge in [0.05, 0.1) is 7.11 Å². The van der Waals surface area contributed by atoms with E-state index in [0.29, 0.717) is 18.3 Å². The Kier molecular flexibility index (Phi) is 5.77. The normalized spacial score (nSPS) is 16.2. The van der Waals surface area contributed by atoms with E-state index in [1.165, 1.54) is 11.6 Å². The maximum atomic E-state index is 13.5. The highest BCUT2D eigenvalue weighted by molar-refractivity contribution is 5.29. The molecule has 1 aliphatic heterocycles. The second-order valence-electron chi connectivity index (χ2n) is 6.29. The summed E-state index contributed by atoms with van der Waals surface area (Å²) in [5, 5.41) is 3.54. The van der Waals surface area contributed by atoms with Gasteiger partial charge in [-0.05, 0) is 61.3 Å². The van der Waals surface area contributed by atoms with Gasteiger partial charge in [-0.25, -0.2) is 4.39 Å². The topological polar surface area (TPSA) is 37.4 Å². The molecule has 1 aliphatic rings. The fraction of sp³-hybridized carbons (Fsp3) is 0.421. The molecule has 1 fully saturated rings. The molecule has 0 saturated carbocycles. The number of hydrogen-bond acceptors (Lipinski definition) is 4. The third-order valence-corrected chi connectivity index (χ3v) is 4.50. The Hall–Kier alpha value is -1.98. The van der Waals surface area contributed by atoms with Gasteiger partial charge in [-0.2, -0.15) is 0 Å². The van der Waals surface area contributed by atoms with Crippen LogP contribution in [0.1, 0.15) is 24.0 Å². The van der Waals surface area contributed by atoms with Gasteiger partial charge in [-0.3, -0.25) is 9.88 Å². The van der Waals surface area contributed by atoms with Crippen molar-refractivity contribution >= 4 is 0 Å². The SMILES string of the molecule is COc1cc(F)cc(CNC2CCN(Cc3ccncc3)CC2)c1. The van der Waals surface area contributed by atoms with Crippen molar-refractivity contribution < 1.29 is 9.13 Å². The van der Waals surface area contributed by atoms with Gasteiger partial charge in [-0.1, -0.05) is 0 Å². The zero-order chi connectivity index (χ0) is 16.8. The molecule has 2 aromatic rings. The van der Waals surface area contributed by atoms with Crippen molar-refractivity contribution in [2.45, 2.75) is 32.0 Å². The van der Waals surface area contributed by atoms with Crippen LogP contribution in [0.5, 0.6) is 5.75 Å². The van der Waals surface area contributed by atoms with Crippen LogP contribution in [0.4, 0.5) is 4.39 Å². The molecule has 2 heterocycles. The highest BCUT2D eigenvalue weighted by Gasteiger charge is 2.18. The van der Waals surface area contributed by atoms with Crippen LogP contribution < -0.4 is 10.1 Å². The van der Waals surface area contributed by atoms with Crippen molar-refractivity contribution in [1.82, 2.24) is 15.2 Å². The predicted octanol–water partition coefficient (Wildman–Crippen LogP) is 2.98. The first-order valence-corrected chi connectivity index (χ1v) is 8.41. The molecule has 0 aliphatic carbocycles. The van der Waals surface area contributed by atoms with Crippen LogP contribution in [0.15, 0.2) is 42.7 Å². The number of benzene rings is 1. The van der Waals surface area contributed by atoms with Crippen LogP contribution in [-0.2, 0) is 13.1 Å². The summed E-state index contributed by atoms with van der Waals surface area (Å²) in [6.07, 6.45) is 5.91. The van der Waals surface area contributed by atoms with Gasteiger partial charge in [0.1, 0.15) is 11.6 Å². The van der Waals surface area contributed by atoms with Gasteiger partial charge in [0.15, 0.2) is 0 Å². The van der Waals surface area contributed by atoms with E-state index >= 15 is 0 Å². The lowest BCUT2D eigenvalue weighted by atomic mass is 10.0. The molecule has 0 unspecified atom stereocenters. The average molecular weight is 329 g/mol. The van der Waals surface area contributed by atoms with E-state index < -0.39 is 0 Å². The van der Waals surface area contributed by atoms with E-state index in [1.807, 2.05) is 18.5 Å². The number of methoxy groups -OCH3 is 1. The van der Waals surface area contributed by atoms with E-state index in [1.54, 1.807) is 13.2 Å². The molecule has 0 spiro atoms. The monoisotopic (exact) mass is 329 g/mol. The van der Waals surface area contributed by atoms with E-state index in [2.05, 4.69) is 27.3 Å². The zero-order valence-corrected chi connectivity index (χ0v) is 14.0. The Morgan fingerprint density at radius 3 is 2.62 bits per heavy atom. The molecule has 1 N–H and O–H groups in total. The fourth-order valence-corrected chi connectivity index (χ4v) is 3.14. The number of piperidine rings is 1. The number of pyridine rings is 1. The van der Waals surface area contributed by atoms with Crippen LogP contribution in [-0.4, -0.2) is 36.1 Å². The molecule has 0 bridgehead atoms. The lowest BCUT2D eigenvalue weighted by Gasteiger charge is -2.32. The summed E-state index contributed by atoms with van der Waals surface area (Å²) < 4.78 is 18.6. The van der Waals surface area contributed by atoms with Crippen molar-refractivity contribution in [2.24, 2.45) is 0 Å². The highest BCUT2D eigenvalue weighted by atomic mass is 19.1. The quantitative estimate of drug-likeness (QED) is 0.884. The Balaban J connectivity index is 1.45. The summed E-state index contributed by atoms with van der Waals surface area (Å²) in [6, 6.07) is 9.47. The standard InChI is InChI=1S/C19H24FN3O/c1-24-19-11-16(10-17(20)12-19)13-22-18-4-8-23(9-5-18)14-15-2-6-21-7-3-15/h2-3,6-7,10-12,18,22H,4-5,8-9,13-14H2,1H3. The average Bonchev–Trinajstić information content (AvgIpc) is 2.61. The number of nitrogens with one attached hydrogen (secondary N) is 1. The minimum absolute atomic E-state index is 0.252. The van der Waals surface area contributed by atoms with Crippen LogP contribution in [0.2, 0.25) is 0 Å². The van der Waals surface area contributed by atoms with Gasteiger partial charge in [0, 0.05) is 37.6 Å². The molecule has 0 atom stereocenters. The van der Waals surface area contributed by atoms with E-state index in [-0.39, 0.29) is 5.82 Å². The summed E-state index contributed by atoms with van der Waals surface area (Å²) in [5.74, 6) is 0.317. The van der Waals surface area contributed by atoms with E-state index in [4.69, 9.17) is 4.74 Å². The largest absolute Gasteiger partial charge is 0.497 e. The smallest absolute Gasteiger partial charge is 0.127 e. The first-order valence-electron chi connectivity index (χ1n) is 8.41. The molecule has 3 rings (SSSR count). The molecule has 0 amide bonds. The number of likely N-dealkylation sites (tertiary alicyclic amines) is 1. The summed E-state index contributed by atoms with van der Waals surface area (Å²) in [7, 11) is 1.56. The van der Waals surface area contributed by atoms with Gasteiger partial charge in [0.2, 0.25) is 0 Å². The molecule has 5 heteroatoms. The lowest BCUT2D eigenvalue weighted by Crippen LogP contribution is -2.41. The molecule has 128 valence electrons. The number of nitrogens with zero attached hydrogens (tertiary/aromatic N) is 2. The van der Waals surface area contributed by atoms with Gasteiger partial charge >= 0.3 is 0 Å². The maximum Gasteiger partial charge on any atom is 0.127 e. The van der Waals surface area contributed by atoms with E-state index in [9.17, 15) is 4.39 Å². The van der Waals surface area contributed by atoms with Crippen molar-refractivity contribution in [2.75, 3.05) is 20.2 Å². The first kappa shape index (κ1) is 16.9. The Labute approximate surface area is 142 Å². The summed E-state index contributed by atoms with van der Waals surface area (Å²) in [6.45, 7) is 3.80. The van der Waals surface area contributed by atoms with Crippen LogP contribution in [0.3, 0.4) is 0 Å². The molecule has 1 saturated heterocycles. The van der Waals surface area contributed by atoms with Crippen LogP contribution >= 0.6 is 0 Å². The Morgan fingerprint density at radius 2 is 1.92 bits per heavy atom. The lowest BCUT2D eigenvalue weighted by molar-refractivity contribution is 0.190. The van der Waals surface area contributed by atoms with Gasteiger partial charge < -0.3 is 10.1 Å². The minimum atomic E-state index is -0.252. The number of halogens is 1. The van der Waals surface area contributed by atoms with Crippen molar-refractivity contribution in [3.8, 4) is 5.75 Å². The van der Waals surface area contributed by atoms with Crippen molar-refractivity contribution in [3.63, 3.8) is 0 Å². The highest BCUT2D eigenvalue weighted by Crippen LogP contribution is 2.17. The van der Waals surface area contributed by atoms with Crippen LogP contribution in [0, 0.1) is 5.82 Å². The molecular weight excluding hydrogens is 305 g/mol. The predicted molar refractivity (Wildman–Crippen MR) is 92.3 cm³/mol. The molecule has 1 aromatic heterocycles. The fourth-order valence-electron chi connectivity index (χ4n) is 3.14. The molecule has 1 aromatic carbocycles. The second-order valence-corrected chi connectivity index (χ2v) is 6.29. The Morgan fingerprint density at radius 1 is 1.17 bits per heavy atom. The third-order valence-electron chi connectivity index (χ3n) is 4.50. The number of ether oxygens (including phenoxy) is 1. The number of hydrogen-bond donors (Lipinski definition) is 1. The van der Waals surface area contributed by atoms with E-state index in [0.717, 1.165) is 38.0 Å². The van der Waals surface area contributed by atoms with Gasteiger partial charge in [0.25, 0.3) is 0 Å². The minimum Gasteiger partial charge on any atom is -0.497 e. The summed E-state index contributed by atoms with van der Waals surface area (Å²) >= 11 is 0. The molecule has 24 heavy (non-hydrogen) atoms. The van der Waals surface area contributed by atoms with Gasteiger partial charge in [-0.15, -0.1) is 0 Å². The van der Waals surface area contributed by atoms with Crippen molar-refractivity contribution in [1.29, 1.82) is 0 Å².